The minimum atomic E-state index is -0.925. The molecule has 12 nitrogen and oxygen atoms in total. The lowest BCUT2D eigenvalue weighted by Gasteiger charge is -2.31. The number of esters is 1. The molecule has 0 bridgehead atoms. The van der Waals surface area contributed by atoms with Gasteiger partial charge in [0.25, 0.3) is 5.91 Å². The number of ether oxygens (including phenoxy) is 1. The molecule has 236 valence electrons. The van der Waals surface area contributed by atoms with E-state index in [4.69, 9.17) is 9.26 Å². The monoisotopic (exact) mass is 607 g/mol. The molecule has 0 radical (unpaired) electrons. The molecule has 2 saturated heterocycles. The molecule has 0 unspecified atom stereocenters. The van der Waals surface area contributed by atoms with E-state index in [-0.39, 0.29) is 54.8 Å². The van der Waals surface area contributed by atoms with Gasteiger partial charge in [-0.15, -0.1) is 0 Å². The fourth-order valence-electron chi connectivity index (χ4n) is 5.70. The van der Waals surface area contributed by atoms with Crippen molar-refractivity contribution in [3.05, 3.63) is 65.6 Å². The van der Waals surface area contributed by atoms with Crippen LogP contribution in [0.2, 0.25) is 0 Å². The Bertz CT molecular complexity index is 1370. The van der Waals surface area contributed by atoms with E-state index in [9.17, 15) is 24.0 Å². The fourth-order valence-corrected chi connectivity index (χ4v) is 5.70. The highest BCUT2D eigenvalue weighted by Gasteiger charge is 2.43. The zero-order valence-electron chi connectivity index (χ0n) is 25.6. The van der Waals surface area contributed by atoms with Crippen molar-refractivity contribution in [1.29, 1.82) is 0 Å². The summed E-state index contributed by atoms with van der Waals surface area (Å²) in [4.78, 5) is 66.9. The summed E-state index contributed by atoms with van der Waals surface area (Å²) >= 11 is 0. The Balaban J connectivity index is 1.58. The highest BCUT2D eigenvalue weighted by atomic mass is 16.5. The van der Waals surface area contributed by atoms with Crippen LogP contribution in [0.1, 0.15) is 67.8 Å². The summed E-state index contributed by atoms with van der Waals surface area (Å²) in [5.41, 5.74) is 1.05. The molecule has 0 spiro atoms. The summed E-state index contributed by atoms with van der Waals surface area (Å²) in [5, 5.41) is 12.3. The summed E-state index contributed by atoms with van der Waals surface area (Å²) < 4.78 is 10.0. The van der Waals surface area contributed by atoms with Gasteiger partial charge in [-0.1, -0.05) is 55.4 Å². The van der Waals surface area contributed by atoms with Gasteiger partial charge in [0, 0.05) is 43.1 Å². The van der Waals surface area contributed by atoms with Gasteiger partial charge in [-0.3, -0.25) is 19.2 Å². The van der Waals surface area contributed by atoms with Crippen molar-refractivity contribution in [2.75, 3.05) is 19.7 Å². The molecule has 44 heavy (non-hydrogen) atoms. The number of aryl methyl sites for hydroxylation is 1. The lowest BCUT2D eigenvalue weighted by Crippen LogP contribution is -2.56. The van der Waals surface area contributed by atoms with Gasteiger partial charge in [-0.25, -0.2) is 4.79 Å². The Hall–Kier alpha value is -4.48. The van der Waals surface area contributed by atoms with E-state index in [1.165, 1.54) is 23.1 Å². The molecule has 0 saturated carbocycles. The average Bonchev–Trinajstić information content (AvgIpc) is 3.75. The number of nitrogens with one attached hydrogen (secondary N) is 3. The van der Waals surface area contributed by atoms with Crippen LogP contribution >= 0.6 is 0 Å². The Morgan fingerprint density at radius 2 is 1.93 bits per heavy atom. The van der Waals surface area contributed by atoms with Gasteiger partial charge in [-0.05, 0) is 44.6 Å². The second kappa shape index (κ2) is 14.8. The second-order valence-corrected chi connectivity index (χ2v) is 11.6. The maximum absolute atomic E-state index is 14.1. The predicted octanol–water partition coefficient (Wildman–Crippen LogP) is 2.25. The third kappa shape index (κ3) is 8.12. The molecule has 3 heterocycles. The number of benzene rings is 1. The van der Waals surface area contributed by atoms with E-state index in [0.29, 0.717) is 25.1 Å². The summed E-state index contributed by atoms with van der Waals surface area (Å²) in [7, 11) is 0. The third-order valence-electron chi connectivity index (χ3n) is 8.02. The molecule has 3 N–H and O–H groups in total. The van der Waals surface area contributed by atoms with Crippen LogP contribution in [-0.4, -0.2) is 77.5 Å². The summed E-state index contributed by atoms with van der Waals surface area (Å²) in [6, 6.07) is 8.72. The summed E-state index contributed by atoms with van der Waals surface area (Å²) in [6.45, 7) is 8.03. The molecule has 1 aromatic carbocycles. The van der Waals surface area contributed by atoms with E-state index in [2.05, 4.69) is 21.1 Å². The number of aromatic nitrogens is 1. The molecule has 12 heteroatoms. The molecular formula is C32H41N5O7. The molecular weight excluding hydrogens is 566 g/mol. The van der Waals surface area contributed by atoms with Crippen LogP contribution in [0.5, 0.6) is 0 Å². The fraction of sp³-hybridized carbons (Fsp3) is 0.500. The van der Waals surface area contributed by atoms with Gasteiger partial charge in [0.2, 0.25) is 17.7 Å². The lowest BCUT2D eigenvalue weighted by atomic mass is 9.95. The van der Waals surface area contributed by atoms with Crippen molar-refractivity contribution >= 4 is 29.6 Å². The maximum atomic E-state index is 14.1. The first-order valence-electron chi connectivity index (χ1n) is 15.1. The molecule has 4 rings (SSSR count). The zero-order valence-corrected chi connectivity index (χ0v) is 25.6. The minimum Gasteiger partial charge on any atom is -0.463 e. The molecule has 1 aromatic heterocycles. The van der Waals surface area contributed by atoms with E-state index in [0.717, 1.165) is 5.56 Å². The van der Waals surface area contributed by atoms with Crippen LogP contribution in [0.4, 0.5) is 0 Å². The van der Waals surface area contributed by atoms with Crippen molar-refractivity contribution in [1.82, 2.24) is 26.0 Å². The third-order valence-corrected chi connectivity index (χ3v) is 8.02. The molecule has 4 amide bonds. The van der Waals surface area contributed by atoms with Crippen molar-refractivity contribution in [2.24, 2.45) is 11.8 Å². The van der Waals surface area contributed by atoms with Crippen molar-refractivity contribution < 1.29 is 33.2 Å². The molecule has 2 fully saturated rings. The highest BCUT2D eigenvalue weighted by Crippen LogP contribution is 2.33. The molecule has 2 aliphatic heterocycles. The van der Waals surface area contributed by atoms with Crippen molar-refractivity contribution in [3.8, 4) is 0 Å². The van der Waals surface area contributed by atoms with Crippen LogP contribution < -0.4 is 16.0 Å². The van der Waals surface area contributed by atoms with Gasteiger partial charge in [0.05, 0.1) is 6.61 Å². The normalized spacial score (nSPS) is 21.2. The SMILES string of the molecule is CCOC(=O)/C=C/[C@H](C[C@@H]1CCNC1=O)NC(=O)[C@@H]1C[C@@H](c2ccccc2)CN1C(=O)[C@@H](NC(=O)c1cc(C)on1)C(C)C. The number of hydrogen-bond acceptors (Lipinski definition) is 8. The number of nitrogens with zero attached hydrogens (tertiary/aromatic N) is 2. The first-order chi connectivity index (χ1) is 21.1. The number of amides is 4. The van der Waals surface area contributed by atoms with Crippen LogP contribution in [0.15, 0.2) is 53.1 Å². The van der Waals surface area contributed by atoms with E-state index in [1.54, 1.807) is 13.8 Å². The average molecular weight is 608 g/mol. The molecule has 0 aliphatic carbocycles. The first-order valence-corrected chi connectivity index (χ1v) is 15.1. The molecule has 2 aromatic rings. The van der Waals surface area contributed by atoms with Crippen LogP contribution in [-0.2, 0) is 23.9 Å². The Kier molecular flexibility index (Phi) is 10.9. The van der Waals surface area contributed by atoms with Crippen LogP contribution in [0, 0.1) is 18.8 Å². The number of hydrogen-bond donors (Lipinski definition) is 3. The standard InChI is InChI=1S/C32H41N5O7/c1-5-43-27(38)12-11-24(16-22-13-14-33-29(22)39)34-31(41)26-17-23(21-9-7-6-8-10-21)18-37(26)32(42)28(19(2)3)35-30(40)25-15-20(4)44-36-25/h6-12,15,19,22-24,26,28H,5,13-14,16-18H2,1-4H3,(H,33,39)(H,34,41)(H,35,40)/b12-11+/t22-,23+,24+,26-,28-/m0/s1. The van der Waals surface area contributed by atoms with Gasteiger partial charge in [-0.2, -0.15) is 0 Å². The summed E-state index contributed by atoms with van der Waals surface area (Å²) in [6.07, 6.45) is 4.05. The number of carbonyl (C=O) groups excluding carboxylic acids is 5. The first kappa shape index (κ1) is 32.4. The van der Waals surface area contributed by atoms with Gasteiger partial charge >= 0.3 is 5.97 Å². The minimum absolute atomic E-state index is 0.0611. The lowest BCUT2D eigenvalue weighted by molar-refractivity contribution is -0.140. The Labute approximate surface area is 256 Å². The van der Waals surface area contributed by atoms with Crippen molar-refractivity contribution in [3.63, 3.8) is 0 Å². The van der Waals surface area contributed by atoms with E-state index >= 15 is 0 Å². The molecule has 2 aliphatic rings. The second-order valence-electron chi connectivity index (χ2n) is 11.6. The maximum Gasteiger partial charge on any atom is 0.330 e. The van der Waals surface area contributed by atoms with Crippen LogP contribution in [0.3, 0.4) is 0 Å². The Morgan fingerprint density at radius 3 is 2.55 bits per heavy atom. The number of rotatable bonds is 12. The van der Waals surface area contributed by atoms with E-state index in [1.807, 2.05) is 44.2 Å². The van der Waals surface area contributed by atoms with Gasteiger partial charge in [0.1, 0.15) is 17.8 Å². The predicted molar refractivity (Wildman–Crippen MR) is 160 cm³/mol. The Morgan fingerprint density at radius 1 is 1.18 bits per heavy atom. The van der Waals surface area contributed by atoms with Gasteiger partial charge in [0.15, 0.2) is 5.69 Å². The quantitative estimate of drug-likeness (QED) is 0.245. The van der Waals surface area contributed by atoms with Gasteiger partial charge < -0.3 is 30.1 Å². The number of likely N-dealkylation sites (tertiary alicyclic amines) is 1. The highest BCUT2D eigenvalue weighted by molar-refractivity contribution is 5.97. The number of carbonyl (C=O) groups is 5. The summed E-state index contributed by atoms with van der Waals surface area (Å²) in [5.74, 6) is -2.27. The zero-order chi connectivity index (χ0) is 31.8. The topological polar surface area (TPSA) is 160 Å². The van der Waals surface area contributed by atoms with E-state index < -0.39 is 35.9 Å². The smallest absolute Gasteiger partial charge is 0.330 e. The molecule has 5 atom stereocenters. The largest absolute Gasteiger partial charge is 0.463 e. The van der Waals surface area contributed by atoms with Crippen LogP contribution in [0.25, 0.3) is 0 Å². The van der Waals surface area contributed by atoms with Crippen molar-refractivity contribution in [2.45, 2.75) is 71.0 Å².